The molecule has 0 saturated carbocycles. The Morgan fingerprint density at radius 3 is 2.19 bits per heavy atom. The van der Waals surface area contributed by atoms with E-state index in [0.29, 0.717) is 0 Å². The molecular weight excluding hydrogens is 316 g/mol. The molecule has 0 atom stereocenters. The first kappa shape index (κ1) is 16.8. The minimum absolute atomic E-state index is 0.00561. The molecule has 0 fully saturated rings. The topological polar surface area (TPSA) is 15.6 Å². The Morgan fingerprint density at radius 1 is 0.846 bits per heavy atom. The van der Waals surface area contributed by atoms with Gasteiger partial charge in [0.2, 0.25) is 0 Å². The Balaban J connectivity index is 1.66. The molecule has 0 amide bonds. The summed E-state index contributed by atoms with van der Waals surface area (Å²) in [6, 6.07) is 17.1. The van der Waals surface area contributed by atoms with Gasteiger partial charge in [0, 0.05) is 29.3 Å². The Labute approximate surface area is 156 Å². The van der Waals surface area contributed by atoms with Gasteiger partial charge in [0.25, 0.3) is 0 Å². The molecular formula is C24H26N2. The second-order valence-electron chi connectivity index (χ2n) is 8.25. The number of likely N-dealkylation sites (N-methyl/N-ethyl adjacent to an activating group) is 1. The molecule has 2 heteroatoms. The molecule has 2 nitrogen and oxygen atoms in total. The average molecular weight is 342 g/mol. The molecule has 2 heterocycles. The van der Waals surface area contributed by atoms with Gasteiger partial charge in [-0.15, -0.1) is 0 Å². The zero-order valence-corrected chi connectivity index (χ0v) is 16.2. The van der Waals surface area contributed by atoms with Gasteiger partial charge in [0.15, 0.2) is 0 Å². The number of para-hydroxylation sites is 2. The zero-order valence-electron chi connectivity index (χ0n) is 16.2. The molecule has 2 aliphatic heterocycles. The van der Waals surface area contributed by atoms with E-state index in [9.17, 15) is 0 Å². The van der Waals surface area contributed by atoms with E-state index >= 15 is 0 Å². The first-order chi connectivity index (χ1) is 12.3. The standard InChI is InChI=1S/C24H26N2/c1-23(2)17-11-6-8-13-19(17)25-21(23)15-10-16-22-24(3,4)18-12-7-9-14-20(18)26(22)5/h6-16H,1-5H3/b15-10+,22-16+. The number of hydrogen-bond acceptors (Lipinski definition) is 2. The van der Waals surface area contributed by atoms with E-state index in [1.54, 1.807) is 0 Å². The maximum absolute atomic E-state index is 4.85. The minimum atomic E-state index is -0.0499. The number of hydrogen-bond donors (Lipinski definition) is 0. The van der Waals surface area contributed by atoms with E-state index in [0.717, 1.165) is 11.4 Å². The molecule has 0 aliphatic carbocycles. The third-order valence-electron chi connectivity index (χ3n) is 5.91. The van der Waals surface area contributed by atoms with Crippen LogP contribution in [0.3, 0.4) is 0 Å². The molecule has 0 saturated heterocycles. The van der Waals surface area contributed by atoms with Crippen LogP contribution in [0.2, 0.25) is 0 Å². The summed E-state index contributed by atoms with van der Waals surface area (Å²) in [6.07, 6.45) is 6.56. The summed E-state index contributed by atoms with van der Waals surface area (Å²) in [6.45, 7) is 9.08. The Hall–Kier alpha value is -2.61. The molecule has 2 aliphatic rings. The first-order valence-electron chi connectivity index (χ1n) is 9.24. The number of allylic oxidation sites excluding steroid dienone is 4. The number of aliphatic imine (C=N–C) groups is 1. The van der Waals surface area contributed by atoms with Gasteiger partial charge in [0.05, 0.1) is 11.4 Å². The lowest BCUT2D eigenvalue weighted by Gasteiger charge is -2.24. The van der Waals surface area contributed by atoms with E-state index in [4.69, 9.17) is 4.99 Å². The largest absolute Gasteiger partial charge is 0.347 e. The molecule has 26 heavy (non-hydrogen) atoms. The molecule has 0 bridgehead atoms. The van der Waals surface area contributed by atoms with Gasteiger partial charge in [-0.3, -0.25) is 4.99 Å². The van der Waals surface area contributed by atoms with Gasteiger partial charge in [0.1, 0.15) is 0 Å². The van der Waals surface area contributed by atoms with Crippen LogP contribution in [0.5, 0.6) is 0 Å². The van der Waals surface area contributed by atoms with Crippen molar-refractivity contribution in [1.82, 2.24) is 0 Å². The predicted octanol–water partition coefficient (Wildman–Crippen LogP) is 5.92. The van der Waals surface area contributed by atoms with Crippen molar-refractivity contribution in [1.29, 1.82) is 0 Å². The SMILES string of the molecule is CN1/C(=C/C=C/C2=Nc3ccccc3C2(C)C)C(C)(C)c2ccccc21. The van der Waals surface area contributed by atoms with Crippen LogP contribution < -0.4 is 4.90 Å². The van der Waals surface area contributed by atoms with Crippen LogP contribution >= 0.6 is 0 Å². The average Bonchev–Trinajstić information content (AvgIpc) is 2.99. The number of benzene rings is 2. The highest BCUT2D eigenvalue weighted by Crippen LogP contribution is 2.46. The Kier molecular flexibility index (Phi) is 3.69. The van der Waals surface area contributed by atoms with Crippen molar-refractivity contribution >= 4 is 17.1 Å². The van der Waals surface area contributed by atoms with Crippen molar-refractivity contribution in [3.8, 4) is 0 Å². The number of fused-ring (bicyclic) bond motifs is 2. The molecule has 0 aromatic heterocycles. The van der Waals surface area contributed by atoms with Gasteiger partial charge < -0.3 is 4.90 Å². The summed E-state index contributed by atoms with van der Waals surface area (Å²) >= 11 is 0. The van der Waals surface area contributed by atoms with E-state index in [-0.39, 0.29) is 10.8 Å². The van der Waals surface area contributed by atoms with Crippen molar-refractivity contribution in [2.45, 2.75) is 38.5 Å². The lowest BCUT2D eigenvalue weighted by Crippen LogP contribution is -2.24. The van der Waals surface area contributed by atoms with Crippen molar-refractivity contribution in [2.24, 2.45) is 4.99 Å². The summed E-state index contributed by atoms with van der Waals surface area (Å²) in [5, 5.41) is 0. The maximum atomic E-state index is 4.85. The fraction of sp³-hybridized carbons (Fsp3) is 0.292. The second kappa shape index (κ2) is 5.70. The van der Waals surface area contributed by atoms with E-state index in [1.165, 1.54) is 22.5 Å². The van der Waals surface area contributed by atoms with Crippen LogP contribution in [0.15, 0.2) is 77.4 Å². The fourth-order valence-corrected chi connectivity index (χ4v) is 4.28. The monoisotopic (exact) mass is 342 g/mol. The normalized spacial score (nSPS) is 21.2. The molecule has 4 rings (SSSR count). The van der Waals surface area contributed by atoms with Crippen LogP contribution in [0.4, 0.5) is 11.4 Å². The Bertz CT molecular complexity index is 958. The summed E-state index contributed by atoms with van der Waals surface area (Å²) < 4.78 is 0. The molecule has 2 aromatic carbocycles. The summed E-state index contributed by atoms with van der Waals surface area (Å²) in [7, 11) is 2.15. The van der Waals surface area contributed by atoms with Crippen molar-refractivity contribution in [3.63, 3.8) is 0 Å². The highest BCUT2D eigenvalue weighted by atomic mass is 15.2. The van der Waals surface area contributed by atoms with E-state index < -0.39 is 0 Å². The molecule has 0 radical (unpaired) electrons. The van der Waals surface area contributed by atoms with Crippen LogP contribution in [0, 0.1) is 0 Å². The quantitative estimate of drug-likeness (QED) is 0.661. The summed E-state index contributed by atoms with van der Waals surface area (Å²) in [5.41, 5.74) is 7.46. The number of anilines is 1. The van der Waals surface area contributed by atoms with Crippen molar-refractivity contribution < 1.29 is 0 Å². The van der Waals surface area contributed by atoms with Crippen LogP contribution in [0.25, 0.3) is 0 Å². The summed E-state index contributed by atoms with van der Waals surface area (Å²) in [5.74, 6) is 0. The predicted molar refractivity (Wildman–Crippen MR) is 112 cm³/mol. The number of rotatable bonds is 2. The number of nitrogens with zero attached hydrogens (tertiary/aromatic N) is 2. The first-order valence-corrected chi connectivity index (χ1v) is 9.24. The summed E-state index contributed by atoms with van der Waals surface area (Å²) in [4.78, 5) is 7.15. The van der Waals surface area contributed by atoms with Crippen LogP contribution in [-0.4, -0.2) is 12.8 Å². The molecule has 132 valence electrons. The van der Waals surface area contributed by atoms with Gasteiger partial charge in [-0.05, 0) is 35.4 Å². The highest BCUT2D eigenvalue weighted by Gasteiger charge is 2.38. The van der Waals surface area contributed by atoms with Gasteiger partial charge in [-0.2, -0.15) is 0 Å². The highest BCUT2D eigenvalue weighted by molar-refractivity contribution is 6.08. The third-order valence-corrected chi connectivity index (χ3v) is 5.91. The maximum Gasteiger partial charge on any atom is 0.0674 e. The molecule has 0 spiro atoms. The third kappa shape index (κ3) is 2.36. The molecule has 2 aromatic rings. The Morgan fingerprint density at radius 2 is 1.50 bits per heavy atom. The van der Waals surface area contributed by atoms with Gasteiger partial charge >= 0.3 is 0 Å². The fourth-order valence-electron chi connectivity index (χ4n) is 4.28. The zero-order chi connectivity index (χ0) is 18.5. The van der Waals surface area contributed by atoms with E-state index in [2.05, 4.69) is 106 Å². The van der Waals surface area contributed by atoms with Crippen LogP contribution in [-0.2, 0) is 10.8 Å². The van der Waals surface area contributed by atoms with Crippen LogP contribution in [0.1, 0.15) is 38.8 Å². The van der Waals surface area contributed by atoms with E-state index in [1.807, 2.05) is 0 Å². The second-order valence-corrected chi connectivity index (χ2v) is 8.25. The molecule has 0 unspecified atom stereocenters. The van der Waals surface area contributed by atoms with Gasteiger partial charge in [-0.25, -0.2) is 0 Å². The lowest BCUT2D eigenvalue weighted by atomic mass is 9.81. The van der Waals surface area contributed by atoms with Crippen molar-refractivity contribution in [2.75, 3.05) is 11.9 Å². The lowest BCUT2D eigenvalue weighted by molar-refractivity contribution is 0.640. The van der Waals surface area contributed by atoms with Crippen molar-refractivity contribution in [3.05, 3.63) is 83.6 Å². The molecule has 0 N–H and O–H groups in total. The minimum Gasteiger partial charge on any atom is -0.347 e. The smallest absolute Gasteiger partial charge is 0.0674 e. The van der Waals surface area contributed by atoms with Gasteiger partial charge in [-0.1, -0.05) is 70.2 Å².